The first-order valence-electron chi connectivity index (χ1n) is 3.03. The number of rotatable bonds is 0. The molecule has 2 aromatic heterocycles. The molecule has 12 heavy (non-hydrogen) atoms. The minimum atomic E-state index is 0. The molecule has 0 aliphatic rings. The molecule has 56 valence electrons. The monoisotopic (exact) mass is 190 g/mol. The van der Waals surface area contributed by atoms with E-state index in [0.717, 1.165) is 11.1 Å². The van der Waals surface area contributed by atoms with Crippen molar-refractivity contribution < 1.29 is 29.6 Å². The summed E-state index contributed by atoms with van der Waals surface area (Å²) in [5.74, 6) is 0. The Morgan fingerprint density at radius 2 is 2.33 bits per heavy atom. The Morgan fingerprint density at radius 3 is 3.00 bits per heavy atom. The van der Waals surface area contributed by atoms with E-state index < -0.39 is 0 Å². The second-order valence-corrected chi connectivity index (χ2v) is 2.54. The van der Waals surface area contributed by atoms with Crippen LogP contribution in [-0.4, -0.2) is 19.8 Å². The molecule has 0 N–H and O–H groups in total. The summed E-state index contributed by atoms with van der Waals surface area (Å²) in [5, 5.41) is 11.5. The SMILES string of the molecule is Cc1cnn2[c-]nnc(Cl)c12.[Na+]. The molecule has 6 heteroatoms. The van der Waals surface area contributed by atoms with Crippen LogP contribution in [0.15, 0.2) is 6.20 Å². The minimum Gasteiger partial charge on any atom is -0.380 e. The van der Waals surface area contributed by atoms with Gasteiger partial charge in [0.1, 0.15) is 0 Å². The van der Waals surface area contributed by atoms with Crippen molar-refractivity contribution in [2.45, 2.75) is 6.92 Å². The molecular weight excluding hydrogens is 187 g/mol. The van der Waals surface area contributed by atoms with Gasteiger partial charge in [-0.1, -0.05) is 24.1 Å². The first-order valence-corrected chi connectivity index (χ1v) is 3.41. The van der Waals surface area contributed by atoms with E-state index in [1.165, 1.54) is 4.52 Å². The molecule has 0 saturated heterocycles. The van der Waals surface area contributed by atoms with Gasteiger partial charge in [-0.2, -0.15) is 5.10 Å². The third-order valence-corrected chi connectivity index (χ3v) is 1.68. The van der Waals surface area contributed by atoms with Crippen molar-refractivity contribution >= 4 is 17.1 Å². The average molecular weight is 191 g/mol. The zero-order valence-corrected chi connectivity index (χ0v) is 9.50. The van der Waals surface area contributed by atoms with Crippen molar-refractivity contribution in [3.8, 4) is 0 Å². The largest absolute Gasteiger partial charge is 1.00 e. The summed E-state index contributed by atoms with van der Waals surface area (Å²) >= 11 is 5.75. The van der Waals surface area contributed by atoms with Crippen LogP contribution in [0.5, 0.6) is 0 Å². The first-order chi connectivity index (χ1) is 5.29. The minimum absolute atomic E-state index is 0. The van der Waals surface area contributed by atoms with E-state index in [4.69, 9.17) is 11.6 Å². The van der Waals surface area contributed by atoms with Crippen LogP contribution in [0.1, 0.15) is 5.56 Å². The van der Waals surface area contributed by atoms with Crippen LogP contribution in [0.2, 0.25) is 5.15 Å². The molecule has 2 heterocycles. The van der Waals surface area contributed by atoms with Crippen molar-refractivity contribution in [3.63, 3.8) is 0 Å². The van der Waals surface area contributed by atoms with Crippen molar-refractivity contribution in [1.29, 1.82) is 0 Å². The van der Waals surface area contributed by atoms with Crippen LogP contribution in [-0.2, 0) is 0 Å². The van der Waals surface area contributed by atoms with E-state index in [-0.39, 0.29) is 29.6 Å². The van der Waals surface area contributed by atoms with Gasteiger partial charge < -0.3 is 4.52 Å². The van der Waals surface area contributed by atoms with Crippen LogP contribution >= 0.6 is 11.6 Å². The fourth-order valence-electron chi connectivity index (χ4n) is 0.912. The van der Waals surface area contributed by atoms with E-state index in [2.05, 4.69) is 21.6 Å². The molecule has 4 nitrogen and oxygen atoms in total. The van der Waals surface area contributed by atoms with E-state index in [1.807, 2.05) is 6.92 Å². The summed E-state index contributed by atoms with van der Waals surface area (Å²) in [4.78, 5) is 0. The van der Waals surface area contributed by atoms with Crippen LogP contribution in [0.25, 0.3) is 5.52 Å². The zero-order valence-electron chi connectivity index (χ0n) is 6.74. The predicted octanol–water partition coefficient (Wildman–Crippen LogP) is -2.11. The van der Waals surface area contributed by atoms with Crippen LogP contribution < -0.4 is 29.6 Å². The molecule has 0 aromatic carbocycles. The molecule has 0 radical (unpaired) electrons. The van der Waals surface area contributed by atoms with Gasteiger partial charge >= 0.3 is 29.6 Å². The van der Waals surface area contributed by atoms with Crippen molar-refractivity contribution in [3.05, 3.63) is 23.2 Å². The van der Waals surface area contributed by atoms with Gasteiger partial charge in [-0.15, -0.1) is 0 Å². The number of hydrogen-bond acceptors (Lipinski definition) is 3. The summed E-state index contributed by atoms with van der Waals surface area (Å²) in [7, 11) is 0. The normalized spacial score (nSPS) is 9.83. The maximum absolute atomic E-state index is 5.75. The van der Waals surface area contributed by atoms with E-state index in [0.29, 0.717) is 5.15 Å². The number of halogens is 1. The van der Waals surface area contributed by atoms with Crippen LogP contribution in [0.3, 0.4) is 0 Å². The number of aryl methyl sites for hydroxylation is 1. The number of hydrogen-bond donors (Lipinski definition) is 0. The summed E-state index contributed by atoms with van der Waals surface area (Å²) in [5.41, 5.74) is 1.74. The number of fused-ring (bicyclic) bond motifs is 1. The van der Waals surface area contributed by atoms with Gasteiger partial charge in [0, 0.05) is 6.20 Å². The Kier molecular flexibility index (Phi) is 3.06. The van der Waals surface area contributed by atoms with E-state index in [1.54, 1.807) is 6.20 Å². The zero-order chi connectivity index (χ0) is 7.84. The third kappa shape index (κ3) is 1.47. The van der Waals surface area contributed by atoms with Gasteiger partial charge in [-0.3, -0.25) is 0 Å². The Labute approximate surface area is 96.2 Å². The molecular formula is C6H4ClN4Na. The van der Waals surface area contributed by atoms with Crippen LogP contribution in [0.4, 0.5) is 0 Å². The second-order valence-electron chi connectivity index (χ2n) is 2.18. The summed E-state index contributed by atoms with van der Waals surface area (Å²) in [6.07, 6.45) is 4.27. The number of nitrogens with zero attached hydrogens (tertiary/aromatic N) is 4. The fraction of sp³-hybridized carbons (Fsp3) is 0.167. The van der Waals surface area contributed by atoms with Gasteiger partial charge in [0.05, 0.1) is 5.15 Å². The molecule has 0 atom stereocenters. The molecule has 0 fully saturated rings. The van der Waals surface area contributed by atoms with Crippen molar-refractivity contribution in [2.24, 2.45) is 0 Å². The summed E-state index contributed by atoms with van der Waals surface area (Å²) < 4.78 is 1.48. The number of aromatic nitrogens is 4. The molecule has 2 aromatic rings. The maximum atomic E-state index is 5.75. The molecule has 0 bridgehead atoms. The van der Waals surface area contributed by atoms with Crippen molar-refractivity contribution in [1.82, 2.24) is 19.8 Å². The molecule has 0 aliphatic heterocycles. The topological polar surface area (TPSA) is 43.1 Å². The molecule has 0 amide bonds. The Morgan fingerprint density at radius 1 is 1.58 bits per heavy atom. The average Bonchev–Trinajstić information content (AvgIpc) is 2.34. The maximum Gasteiger partial charge on any atom is 1.00 e. The molecule has 0 aliphatic carbocycles. The summed E-state index contributed by atoms with van der Waals surface area (Å²) in [6, 6.07) is 0. The molecule has 0 spiro atoms. The van der Waals surface area contributed by atoms with Gasteiger partial charge in [0.15, 0.2) is 0 Å². The van der Waals surface area contributed by atoms with Gasteiger partial charge in [-0.25, -0.2) is 10.2 Å². The third-order valence-electron chi connectivity index (χ3n) is 1.42. The molecule has 0 unspecified atom stereocenters. The Hall–Kier alpha value is -0.160. The van der Waals surface area contributed by atoms with Crippen LogP contribution in [0, 0.1) is 13.3 Å². The quantitative estimate of drug-likeness (QED) is 0.353. The summed E-state index contributed by atoms with van der Waals surface area (Å²) in [6.45, 7) is 1.91. The smallest absolute Gasteiger partial charge is 0.380 e. The first kappa shape index (κ1) is 9.92. The van der Waals surface area contributed by atoms with Gasteiger partial charge in [0.25, 0.3) is 0 Å². The molecule has 0 saturated carbocycles. The van der Waals surface area contributed by atoms with E-state index in [9.17, 15) is 0 Å². The van der Waals surface area contributed by atoms with E-state index >= 15 is 0 Å². The second kappa shape index (κ2) is 3.70. The van der Waals surface area contributed by atoms with Gasteiger partial charge in [-0.05, 0) is 11.8 Å². The predicted molar refractivity (Wildman–Crippen MR) is 39.4 cm³/mol. The Bertz CT molecular complexity index is 399. The van der Waals surface area contributed by atoms with Gasteiger partial charge in [0.2, 0.25) is 0 Å². The Balaban J connectivity index is 0.000000720. The fourth-order valence-corrected chi connectivity index (χ4v) is 1.18. The molecule has 2 rings (SSSR count). The standard InChI is InChI=1S/C6H4ClN4.Na/c1-4-2-9-11-3-8-10-6(7)5(4)11;/h2H,1H3;/q-1;+1. The van der Waals surface area contributed by atoms with Crippen molar-refractivity contribution in [2.75, 3.05) is 0 Å².